The maximum Gasteiger partial charge on any atom is 0.254 e. The molecule has 3 aromatic rings. The van der Waals surface area contributed by atoms with E-state index >= 15 is 0 Å². The van der Waals surface area contributed by atoms with E-state index in [9.17, 15) is 4.79 Å². The first-order valence-corrected chi connectivity index (χ1v) is 9.92. The molecular weight excluding hydrogens is 376 g/mol. The highest BCUT2D eigenvalue weighted by Crippen LogP contribution is 2.23. The minimum atomic E-state index is 0.0375. The first-order valence-electron chi connectivity index (χ1n) is 9.54. The minimum absolute atomic E-state index is 0.0375. The number of carbonyl (C=O) groups is 1. The highest BCUT2D eigenvalue weighted by atomic mass is 35.5. The normalized spacial score (nSPS) is 17.2. The Morgan fingerprint density at radius 2 is 2.21 bits per heavy atom. The van der Waals surface area contributed by atoms with Gasteiger partial charge in [0.25, 0.3) is 5.91 Å². The summed E-state index contributed by atoms with van der Waals surface area (Å²) in [7, 11) is 1.71. The number of aromatic nitrogens is 1. The maximum absolute atomic E-state index is 12.9. The smallest absolute Gasteiger partial charge is 0.254 e. The van der Waals surface area contributed by atoms with E-state index in [4.69, 9.17) is 20.8 Å². The molecule has 1 fully saturated rings. The topological polar surface area (TPSA) is 55.6 Å². The van der Waals surface area contributed by atoms with E-state index in [0.29, 0.717) is 41.0 Å². The van der Waals surface area contributed by atoms with Gasteiger partial charge in [0.2, 0.25) is 0 Å². The molecule has 1 atom stereocenters. The molecule has 28 heavy (non-hydrogen) atoms. The summed E-state index contributed by atoms with van der Waals surface area (Å²) >= 11 is 6.05. The third kappa shape index (κ3) is 4.21. The molecule has 0 spiro atoms. The highest BCUT2D eigenvalue weighted by Gasteiger charge is 2.25. The number of oxazole rings is 1. The number of amides is 1. The molecule has 0 N–H and O–H groups in total. The molecule has 2 aromatic carbocycles. The summed E-state index contributed by atoms with van der Waals surface area (Å²) < 4.78 is 11.2. The van der Waals surface area contributed by atoms with Crippen LogP contribution in [0.1, 0.15) is 34.7 Å². The van der Waals surface area contributed by atoms with Crippen molar-refractivity contribution in [3.8, 4) is 0 Å². The van der Waals surface area contributed by atoms with Gasteiger partial charge in [0, 0.05) is 37.2 Å². The fraction of sp³-hybridized carbons (Fsp3) is 0.364. The van der Waals surface area contributed by atoms with E-state index in [1.165, 1.54) is 0 Å². The second-order valence-corrected chi connectivity index (χ2v) is 7.75. The van der Waals surface area contributed by atoms with Crippen LogP contribution in [-0.4, -0.2) is 42.6 Å². The van der Waals surface area contributed by atoms with Gasteiger partial charge < -0.3 is 14.1 Å². The van der Waals surface area contributed by atoms with Crippen LogP contribution in [-0.2, 0) is 11.2 Å². The SMILES string of the molecule is COC[C@H]1CCCN(C(=O)c2ccc3nc(Cc4cccc(Cl)c4)oc3c2)C1. The molecule has 1 aliphatic rings. The molecule has 146 valence electrons. The number of halogens is 1. The lowest BCUT2D eigenvalue weighted by atomic mass is 9.98. The minimum Gasteiger partial charge on any atom is -0.440 e. The Morgan fingerprint density at radius 3 is 3.04 bits per heavy atom. The van der Waals surface area contributed by atoms with Crippen LogP contribution >= 0.6 is 11.6 Å². The summed E-state index contributed by atoms with van der Waals surface area (Å²) in [5.41, 5.74) is 3.06. The monoisotopic (exact) mass is 398 g/mol. The number of piperidine rings is 1. The molecule has 6 heteroatoms. The fourth-order valence-corrected chi connectivity index (χ4v) is 4.02. The zero-order valence-corrected chi connectivity index (χ0v) is 16.6. The predicted octanol–water partition coefficient (Wildman–Crippen LogP) is 4.57. The van der Waals surface area contributed by atoms with Crippen molar-refractivity contribution in [3.05, 3.63) is 64.5 Å². The average molecular weight is 399 g/mol. The average Bonchev–Trinajstić information content (AvgIpc) is 3.09. The summed E-state index contributed by atoms with van der Waals surface area (Å²) in [5, 5.41) is 0.690. The van der Waals surface area contributed by atoms with Crippen molar-refractivity contribution in [1.29, 1.82) is 0 Å². The number of likely N-dealkylation sites (tertiary alicyclic amines) is 1. The van der Waals surface area contributed by atoms with Crippen LogP contribution in [0.2, 0.25) is 5.02 Å². The van der Waals surface area contributed by atoms with Crippen molar-refractivity contribution in [3.63, 3.8) is 0 Å². The largest absolute Gasteiger partial charge is 0.440 e. The highest BCUT2D eigenvalue weighted by molar-refractivity contribution is 6.30. The number of benzene rings is 2. The Morgan fingerprint density at radius 1 is 1.32 bits per heavy atom. The summed E-state index contributed by atoms with van der Waals surface area (Å²) in [4.78, 5) is 19.4. The first kappa shape index (κ1) is 19.0. The van der Waals surface area contributed by atoms with Gasteiger partial charge in [-0.1, -0.05) is 23.7 Å². The van der Waals surface area contributed by atoms with E-state index in [2.05, 4.69) is 4.98 Å². The number of fused-ring (bicyclic) bond motifs is 1. The first-order chi connectivity index (χ1) is 13.6. The van der Waals surface area contributed by atoms with Gasteiger partial charge in [-0.25, -0.2) is 4.98 Å². The van der Waals surface area contributed by atoms with Gasteiger partial charge in [0.1, 0.15) is 5.52 Å². The van der Waals surface area contributed by atoms with E-state index in [0.717, 1.165) is 37.0 Å². The maximum atomic E-state index is 12.9. The summed E-state index contributed by atoms with van der Waals surface area (Å²) in [6.07, 6.45) is 2.67. The second-order valence-electron chi connectivity index (χ2n) is 7.31. The van der Waals surface area contributed by atoms with Crippen molar-refractivity contribution in [1.82, 2.24) is 9.88 Å². The van der Waals surface area contributed by atoms with Crippen molar-refractivity contribution in [2.24, 2.45) is 5.92 Å². The number of nitrogens with zero attached hydrogens (tertiary/aromatic N) is 2. The van der Waals surface area contributed by atoms with Crippen LogP contribution in [0.25, 0.3) is 11.1 Å². The molecule has 1 amide bonds. The van der Waals surface area contributed by atoms with Crippen LogP contribution in [0.5, 0.6) is 0 Å². The number of hydrogen-bond acceptors (Lipinski definition) is 4. The number of rotatable bonds is 5. The van der Waals surface area contributed by atoms with Gasteiger partial charge in [-0.3, -0.25) is 4.79 Å². The van der Waals surface area contributed by atoms with Crippen molar-refractivity contribution < 1.29 is 13.9 Å². The van der Waals surface area contributed by atoms with Gasteiger partial charge in [-0.05, 0) is 54.7 Å². The van der Waals surface area contributed by atoms with Gasteiger partial charge >= 0.3 is 0 Å². The van der Waals surface area contributed by atoms with Crippen LogP contribution in [0.3, 0.4) is 0 Å². The van der Waals surface area contributed by atoms with Gasteiger partial charge in [0.05, 0.1) is 6.61 Å². The van der Waals surface area contributed by atoms with E-state index in [-0.39, 0.29) is 5.91 Å². The molecule has 2 heterocycles. The number of carbonyl (C=O) groups excluding carboxylic acids is 1. The van der Waals surface area contributed by atoms with Crippen LogP contribution < -0.4 is 0 Å². The molecule has 1 aromatic heterocycles. The lowest BCUT2D eigenvalue weighted by molar-refractivity contribution is 0.0571. The Kier molecular flexibility index (Phi) is 5.64. The molecule has 1 saturated heterocycles. The molecule has 4 rings (SSSR count). The van der Waals surface area contributed by atoms with E-state index in [1.54, 1.807) is 13.2 Å². The lowest BCUT2D eigenvalue weighted by Gasteiger charge is -2.32. The Bertz CT molecular complexity index is 983. The standard InChI is InChI=1S/C22H23ClN2O3/c1-27-14-16-5-3-9-25(13-16)22(26)17-7-8-19-20(12-17)28-21(24-19)11-15-4-2-6-18(23)10-15/h2,4,6-8,10,12,16H,3,5,9,11,13-14H2,1H3/t16-/m0/s1. The summed E-state index contributed by atoms with van der Waals surface area (Å²) in [5.74, 6) is 1.05. The van der Waals surface area contributed by atoms with Crippen molar-refractivity contribution >= 4 is 28.6 Å². The van der Waals surface area contributed by atoms with E-state index < -0.39 is 0 Å². The molecule has 0 saturated carbocycles. The van der Waals surface area contributed by atoms with Gasteiger partial charge in [-0.15, -0.1) is 0 Å². The number of hydrogen-bond donors (Lipinski definition) is 0. The van der Waals surface area contributed by atoms with Crippen molar-refractivity contribution in [2.75, 3.05) is 26.8 Å². The van der Waals surface area contributed by atoms with Crippen LogP contribution in [0.15, 0.2) is 46.9 Å². The number of methoxy groups -OCH3 is 1. The van der Waals surface area contributed by atoms with Gasteiger partial charge in [-0.2, -0.15) is 0 Å². The molecule has 0 unspecified atom stereocenters. The summed E-state index contributed by atoms with van der Waals surface area (Å²) in [6, 6.07) is 13.1. The fourth-order valence-electron chi connectivity index (χ4n) is 3.81. The molecule has 5 nitrogen and oxygen atoms in total. The lowest BCUT2D eigenvalue weighted by Crippen LogP contribution is -2.41. The molecule has 1 aliphatic heterocycles. The van der Waals surface area contributed by atoms with E-state index in [1.807, 2.05) is 41.3 Å². The van der Waals surface area contributed by atoms with Crippen LogP contribution in [0, 0.1) is 5.92 Å². The quantitative estimate of drug-likeness (QED) is 0.631. The summed E-state index contributed by atoms with van der Waals surface area (Å²) in [6.45, 7) is 2.21. The Balaban J connectivity index is 1.52. The van der Waals surface area contributed by atoms with Gasteiger partial charge in [0.15, 0.2) is 11.5 Å². The molecule has 0 bridgehead atoms. The predicted molar refractivity (Wildman–Crippen MR) is 109 cm³/mol. The molecule has 0 radical (unpaired) electrons. The van der Waals surface area contributed by atoms with Crippen LogP contribution in [0.4, 0.5) is 0 Å². The molecular formula is C22H23ClN2O3. The second kappa shape index (κ2) is 8.33. The number of ether oxygens (including phenoxy) is 1. The Hall–Kier alpha value is -2.37. The third-order valence-corrected chi connectivity index (χ3v) is 5.37. The zero-order chi connectivity index (χ0) is 19.5. The van der Waals surface area contributed by atoms with Crippen molar-refractivity contribution in [2.45, 2.75) is 19.3 Å². The zero-order valence-electron chi connectivity index (χ0n) is 15.9. The third-order valence-electron chi connectivity index (χ3n) is 5.13. The molecule has 0 aliphatic carbocycles. The Labute approximate surface area is 169 Å².